The van der Waals surface area contributed by atoms with Crippen molar-refractivity contribution in [3.05, 3.63) is 28.9 Å². The van der Waals surface area contributed by atoms with Crippen LogP contribution in [0.3, 0.4) is 0 Å². The maximum Gasteiger partial charge on any atom is 0.327 e. The van der Waals surface area contributed by atoms with Crippen LogP contribution in [-0.4, -0.2) is 37.1 Å². The first-order valence-corrected chi connectivity index (χ1v) is 9.05. The predicted octanol–water partition coefficient (Wildman–Crippen LogP) is 1.79. The van der Waals surface area contributed by atoms with Crippen molar-refractivity contribution in [1.29, 1.82) is 0 Å². The van der Waals surface area contributed by atoms with E-state index in [-0.39, 0.29) is 28.8 Å². The number of carbonyl (C=O) groups excluding carboxylic acids is 2. The Morgan fingerprint density at radius 1 is 1.33 bits per heavy atom. The zero-order valence-corrected chi connectivity index (χ0v) is 14.3. The number of fused-ring (bicyclic) bond motifs is 1. The van der Waals surface area contributed by atoms with Gasteiger partial charge in [-0.2, -0.15) is 0 Å². The number of hydrogen-bond donors (Lipinski definition) is 2. The molecule has 3 rings (SSSR count). The number of ether oxygens (including phenoxy) is 1. The number of sulfone groups is 1. The lowest BCUT2D eigenvalue weighted by molar-refractivity contribution is -0.146. The average molecular weight is 371 g/mol. The molecule has 0 radical (unpaired) electrons. The Kier molecular flexibility index (Phi) is 3.84. The van der Waals surface area contributed by atoms with Gasteiger partial charge in [-0.1, -0.05) is 11.6 Å². The molecule has 3 N–H and O–H groups in total. The van der Waals surface area contributed by atoms with E-state index >= 15 is 0 Å². The maximum atomic E-state index is 13.3. The highest BCUT2D eigenvalue weighted by atomic mass is 35.5. The Balaban J connectivity index is 2.35. The first-order chi connectivity index (χ1) is 11.2. The van der Waals surface area contributed by atoms with Crippen molar-refractivity contribution in [3.8, 4) is 0 Å². The smallest absolute Gasteiger partial charge is 0.327 e. The summed E-state index contributed by atoms with van der Waals surface area (Å²) in [4.78, 5) is 26.4. The number of aromatic nitrogens is 1. The van der Waals surface area contributed by atoms with E-state index in [0.29, 0.717) is 17.0 Å². The molecule has 0 unspecified atom stereocenters. The van der Waals surface area contributed by atoms with Gasteiger partial charge in [-0.15, -0.1) is 0 Å². The van der Waals surface area contributed by atoms with E-state index in [1.165, 1.54) is 6.07 Å². The fourth-order valence-corrected chi connectivity index (χ4v) is 5.62. The summed E-state index contributed by atoms with van der Waals surface area (Å²) in [5.41, 5.74) is 5.47. The highest BCUT2D eigenvalue weighted by molar-refractivity contribution is 7.94. The third-order valence-corrected chi connectivity index (χ3v) is 7.26. The SMILES string of the molecule is COC(=O)C1(S(=O)(=O)c2c(C(N)=O)[nH]c3ccc(Cl)cc23)CCC1. The molecule has 1 heterocycles. The molecule has 1 aromatic carbocycles. The van der Waals surface area contributed by atoms with E-state index in [2.05, 4.69) is 4.98 Å². The number of carbonyl (C=O) groups is 2. The minimum absolute atomic E-state index is 0.132. The Hall–Kier alpha value is -2.06. The molecular formula is C15H15ClN2O5S. The van der Waals surface area contributed by atoms with E-state index in [0.717, 1.165) is 7.11 Å². The number of amides is 1. The normalized spacial score (nSPS) is 16.6. The molecule has 0 bridgehead atoms. The number of primary amides is 1. The second-order valence-corrected chi connectivity index (χ2v) is 8.36. The van der Waals surface area contributed by atoms with Gasteiger partial charge in [-0.25, -0.2) is 8.42 Å². The average Bonchev–Trinajstić information content (AvgIpc) is 2.84. The first-order valence-electron chi connectivity index (χ1n) is 7.19. The van der Waals surface area contributed by atoms with Gasteiger partial charge in [-0.05, 0) is 37.5 Å². The molecule has 0 spiro atoms. The molecular weight excluding hydrogens is 356 g/mol. The van der Waals surface area contributed by atoms with Gasteiger partial charge in [0.1, 0.15) is 10.6 Å². The first kappa shape index (κ1) is 16.8. The third-order valence-electron chi connectivity index (χ3n) is 4.46. The predicted molar refractivity (Wildman–Crippen MR) is 87.6 cm³/mol. The topological polar surface area (TPSA) is 119 Å². The summed E-state index contributed by atoms with van der Waals surface area (Å²) >= 11 is 5.97. The van der Waals surface area contributed by atoms with E-state index in [1.54, 1.807) is 12.1 Å². The lowest BCUT2D eigenvalue weighted by Crippen LogP contribution is -2.53. The number of esters is 1. The molecule has 7 nitrogen and oxygen atoms in total. The quantitative estimate of drug-likeness (QED) is 0.795. The molecule has 1 amide bonds. The lowest BCUT2D eigenvalue weighted by Gasteiger charge is -2.37. The number of benzene rings is 1. The molecule has 1 aromatic heterocycles. The minimum Gasteiger partial charge on any atom is -0.468 e. The van der Waals surface area contributed by atoms with E-state index in [1.807, 2.05) is 0 Å². The van der Waals surface area contributed by atoms with Crippen LogP contribution in [0, 0.1) is 0 Å². The van der Waals surface area contributed by atoms with Gasteiger partial charge in [0.2, 0.25) is 0 Å². The number of nitrogens with two attached hydrogens (primary N) is 1. The van der Waals surface area contributed by atoms with Crippen LogP contribution in [0.15, 0.2) is 23.1 Å². The van der Waals surface area contributed by atoms with Crippen molar-refractivity contribution < 1.29 is 22.7 Å². The maximum absolute atomic E-state index is 13.3. The number of nitrogens with one attached hydrogen (secondary N) is 1. The van der Waals surface area contributed by atoms with Crippen LogP contribution in [-0.2, 0) is 19.4 Å². The van der Waals surface area contributed by atoms with Crippen molar-refractivity contribution in [2.24, 2.45) is 5.73 Å². The van der Waals surface area contributed by atoms with Crippen LogP contribution in [0.2, 0.25) is 5.02 Å². The Labute approximate surface area is 143 Å². The summed E-state index contributed by atoms with van der Waals surface area (Å²) in [6.07, 6.45) is 0.838. The molecule has 1 fully saturated rings. The summed E-state index contributed by atoms with van der Waals surface area (Å²) in [5.74, 6) is -1.76. The second kappa shape index (κ2) is 5.49. The number of rotatable bonds is 4. The van der Waals surface area contributed by atoms with Crippen LogP contribution < -0.4 is 5.73 Å². The molecule has 1 aliphatic rings. The van der Waals surface area contributed by atoms with Crippen LogP contribution >= 0.6 is 11.6 Å². The van der Waals surface area contributed by atoms with Crippen molar-refractivity contribution in [2.75, 3.05) is 7.11 Å². The molecule has 0 atom stereocenters. The molecule has 9 heteroatoms. The Bertz CT molecular complexity index is 960. The number of halogens is 1. The van der Waals surface area contributed by atoms with E-state index in [4.69, 9.17) is 22.1 Å². The lowest BCUT2D eigenvalue weighted by atomic mass is 9.84. The summed E-state index contributed by atoms with van der Waals surface area (Å²) in [6.45, 7) is 0. The molecule has 128 valence electrons. The van der Waals surface area contributed by atoms with Crippen molar-refractivity contribution in [1.82, 2.24) is 4.98 Å². The highest BCUT2D eigenvalue weighted by Gasteiger charge is 2.58. The van der Waals surface area contributed by atoms with E-state index < -0.39 is 26.5 Å². The molecule has 0 aliphatic heterocycles. The molecule has 0 saturated heterocycles. The molecule has 1 aliphatic carbocycles. The monoisotopic (exact) mass is 370 g/mol. The van der Waals surface area contributed by atoms with Crippen LogP contribution in [0.25, 0.3) is 10.9 Å². The summed E-state index contributed by atoms with van der Waals surface area (Å²) in [5, 5.41) is 0.529. The van der Waals surface area contributed by atoms with Gasteiger partial charge in [-0.3, -0.25) is 9.59 Å². The van der Waals surface area contributed by atoms with Gasteiger partial charge in [0.05, 0.1) is 7.11 Å². The third kappa shape index (κ3) is 2.13. The van der Waals surface area contributed by atoms with Gasteiger partial charge in [0.25, 0.3) is 5.91 Å². The van der Waals surface area contributed by atoms with Crippen LogP contribution in [0.5, 0.6) is 0 Å². The molecule has 2 aromatic rings. The Morgan fingerprint density at radius 2 is 2.00 bits per heavy atom. The zero-order valence-electron chi connectivity index (χ0n) is 12.8. The number of methoxy groups -OCH3 is 1. The minimum atomic E-state index is -4.22. The van der Waals surface area contributed by atoms with Crippen LogP contribution in [0.4, 0.5) is 0 Å². The number of aromatic amines is 1. The van der Waals surface area contributed by atoms with Crippen molar-refractivity contribution >= 4 is 44.2 Å². The number of hydrogen-bond acceptors (Lipinski definition) is 5. The number of H-pyrrole nitrogens is 1. The van der Waals surface area contributed by atoms with Gasteiger partial charge in [0.15, 0.2) is 14.6 Å². The Morgan fingerprint density at radius 3 is 2.50 bits per heavy atom. The van der Waals surface area contributed by atoms with E-state index in [9.17, 15) is 18.0 Å². The highest BCUT2D eigenvalue weighted by Crippen LogP contribution is 2.46. The fraction of sp³-hybridized carbons (Fsp3) is 0.333. The molecule has 1 saturated carbocycles. The summed E-state index contributed by atoms with van der Waals surface area (Å²) in [6, 6.07) is 4.53. The van der Waals surface area contributed by atoms with Gasteiger partial charge >= 0.3 is 5.97 Å². The summed E-state index contributed by atoms with van der Waals surface area (Å²) < 4.78 is 29.6. The van der Waals surface area contributed by atoms with Crippen LogP contribution in [0.1, 0.15) is 29.8 Å². The van der Waals surface area contributed by atoms with Crippen molar-refractivity contribution in [3.63, 3.8) is 0 Å². The van der Waals surface area contributed by atoms with Crippen molar-refractivity contribution in [2.45, 2.75) is 28.9 Å². The summed E-state index contributed by atoms with van der Waals surface area (Å²) in [7, 11) is -3.08. The van der Waals surface area contributed by atoms with Gasteiger partial charge in [0, 0.05) is 15.9 Å². The molecule has 24 heavy (non-hydrogen) atoms. The largest absolute Gasteiger partial charge is 0.468 e. The zero-order chi connectivity index (χ0) is 17.7. The van der Waals surface area contributed by atoms with Gasteiger partial charge < -0.3 is 15.5 Å². The second-order valence-electron chi connectivity index (χ2n) is 5.73. The standard InChI is InChI=1S/C15H15ClN2O5S/c1-23-14(20)15(5-2-6-15)24(21,22)12-9-7-8(16)3-4-10(9)18-11(12)13(17)19/h3-4,7,18H,2,5-6H2,1H3,(H2,17,19). The fourth-order valence-electron chi connectivity index (χ4n) is 3.05.